The number of benzene rings is 3. The van der Waals surface area contributed by atoms with E-state index in [1.807, 2.05) is 39.0 Å². The van der Waals surface area contributed by atoms with Gasteiger partial charge in [0.05, 0.1) is 6.61 Å². The molecule has 1 aliphatic heterocycles. The smallest absolute Gasteiger partial charge is 0.129 e. The summed E-state index contributed by atoms with van der Waals surface area (Å²) in [5, 5.41) is 18.0. The second-order valence-corrected chi connectivity index (χ2v) is 6.23. The SMILES string of the molecule is CC.Cc1c(O)ccc2c1OCCC2.Cc1ccccc1F.Oc1ccccc1. The van der Waals surface area contributed by atoms with E-state index in [0.717, 1.165) is 30.8 Å². The third-order valence-electron chi connectivity index (χ3n) is 4.13. The molecule has 0 atom stereocenters. The lowest BCUT2D eigenvalue weighted by atomic mass is 10.0. The van der Waals surface area contributed by atoms with E-state index in [-0.39, 0.29) is 5.82 Å². The van der Waals surface area contributed by atoms with E-state index in [2.05, 4.69) is 0 Å². The Balaban J connectivity index is 0.000000218. The third kappa shape index (κ3) is 8.26. The van der Waals surface area contributed by atoms with E-state index in [4.69, 9.17) is 9.84 Å². The summed E-state index contributed by atoms with van der Waals surface area (Å²) in [6, 6.07) is 19.1. The monoisotopic (exact) mass is 398 g/mol. The van der Waals surface area contributed by atoms with Gasteiger partial charge in [-0.1, -0.05) is 56.3 Å². The molecule has 0 amide bonds. The zero-order chi connectivity index (χ0) is 21.6. The van der Waals surface area contributed by atoms with E-state index in [1.54, 1.807) is 49.4 Å². The molecular weight excluding hydrogens is 367 g/mol. The Labute approximate surface area is 173 Å². The van der Waals surface area contributed by atoms with Gasteiger partial charge >= 0.3 is 0 Å². The number of rotatable bonds is 0. The van der Waals surface area contributed by atoms with Crippen molar-refractivity contribution >= 4 is 0 Å². The summed E-state index contributed by atoms with van der Waals surface area (Å²) in [6.45, 7) is 8.41. The molecule has 0 bridgehead atoms. The molecule has 29 heavy (non-hydrogen) atoms. The van der Waals surface area contributed by atoms with Crippen molar-refractivity contribution in [3.63, 3.8) is 0 Å². The first-order valence-corrected chi connectivity index (χ1v) is 9.88. The summed E-state index contributed by atoms with van der Waals surface area (Å²) in [7, 11) is 0. The standard InChI is InChI=1S/C10H12O2.C7H7F.C6H6O.C2H6/c1-7-9(11)5-4-8-3-2-6-12-10(7)8;1-6-4-2-3-5-7(6)8;7-6-4-2-1-3-5-6;1-2/h4-5,11H,2-3,6H2,1H3;2-5H,1H3;1-5,7H;1-2H3. The topological polar surface area (TPSA) is 49.7 Å². The number of hydrogen-bond donors (Lipinski definition) is 2. The fraction of sp³-hybridized carbons (Fsp3) is 0.280. The Kier molecular flexibility index (Phi) is 10.9. The minimum Gasteiger partial charge on any atom is -0.508 e. The Bertz CT molecular complexity index is 827. The van der Waals surface area contributed by atoms with Crippen LogP contribution in [0.25, 0.3) is 0 Å². The first-order chi connectivity index (χ1) is 14.0. The van der Waals surface area contributed by atoms with Crippen LogP contribution < -0.4 is 4.74 Å². The van der Waals surface area contributed by atoms with Gasteiger partial charge in [0.15, 0.2) is 0 Å². The van der Waals surface area contributed by atoms with Gasteiger partial charge in [-0.15, -0.1) is 0 Å². The number of phenols is 2. The quantitative estimate of drug-likeness (QED) is 0.450. The van der Waals surface area contributed by atoms with Gasteiger partial charge in [0.2, 0.25) is 0 Å². The summed E-state index contributed by atoms with van der Waals surface area (Å²) in [5.74, 6) is 1.41. The lowest BCUT2D eigenvalue weighted by Gasteiger charge is -2.19. The first kappa shape index (κ1) is 24.0. The van der Waals surface area contributed by atoms with Crippen molar-refractivity contribution in [2.45, 2.75) is 40.5 Å². The van der Waals surface area contributed by atoms with E-state index in [1.165, 1.54) is 11.6 Å². The lowest BCUT2D eigenvalue weighted by molar-refractivity contribution is 0.284. The van der Waals surface area contributed by atoms with Crippen molar-refractivity contribution in [2.75, 3.05) is 6.61 Å². The van der Waals surface area contributed by atoms with Crippen LogP contribution >= 0.6 is 0 Å². The first-order valence-electron chi connectivity index (χ1n) is 9.88. The van der Waals surface area contributed by atoms with Gasteiger partial charge in [-0.25, -0.2) is 4.39 Å². The number of hydrogen-bond acceptors (Lipinski definition) is 3. The number of fused-ring (bicyclic) bond motifs is 1. The molecule has 1 heterocycles. The summed E-state index contributed by atoms with van der Waals surface area (Å²) >= 11 is 0. The molecule has 4 rings (SSSR count). The van der Waals surface area contributed by atoms with Gasteiger partial charge in [0.1, 0.15) is 23.1 Å². The summed E-state index contributed by atoms with van der Waals surface area (Å²) in [5.41, 5.74) is 2.79. The van der Waals surface area contributed by atoms with Gasteiger partial charge in [-0.2, -0.15) is 0 Å². The molecule has 0 spiro atoms. The third-order valence-corrected chi connectivity index (χ3v) is 4.13. The predicted octanol–water partition coefficient (Wildman–Crippen LogP) is 6.58. The maximum Gasteiger partial charge on any atom is 0.129 e. The van der Waals surface area contributed by atoms with Gasteiger partial charge in [0.25, 0.3) is 0 Å². The van der Waals surface area contributed by atoms with Crippen molar-refractivity contribution in [1.29, 1.82) is 0 Å². The van der Waals surface area contributed by atoms with Crippen molar-refractivity contribution in [3.8, 4) is 17.2 Å². The molecule has 4 heteroatoms. The molecule has 3 nitrogen and oxygen atoms in total. The molecular formula is C25H31FO3. The lowest BCUT2D eigenvalue weighted by Crippen LogP contribution is -2.09. The van der Waals surface area contributed by atoms with Crippen LogP contribution in [0.4, 0.5) is 4.39 Å². The largest absolute Gasteiger partial charge is 0.508 e. The summed E-state index contributed by atoms with van der Waals surface area (Å²) in [4.78, 5) is 0. The Morgan fingerprint density at radius 1 is 0.828 bits per heavy atom. The van der Waals surface area contributed by atoms with Gasteiger partial charge in [-0.05, 0) is 62.1 Å². The van der Waals surface area contributed by atoms with Crippen molar-refractivity contribution in [1.82, 2.24) is 0 Å². The van der Waals surface area contributed by atoms with Crippen LogP contribution in [0.2, 0.25) is 0 Å². The molecule has 0 unspecified atom stereocenters. The van der Waals surface area contributed by atoms with Crippen molar-refractivity contribution in [3.05, 3.63) is 89.2 Å². The number of ether oxygens (including phenoxy) is 1. The number of aromatic hydroxyl groups is 2. The highest BCUT2D eigenvalue weighted by atomic mass is 19.1. The Hall–Kier alpha value is -3.01. The number of halogens is 1. The van der Waals surface area contributed by atoms with Crippen LogP contribution in [0, 0.1) is 19.7 Å². The number of aryl methyl sites for hydroxylation is 2. The van der Waals surface area contributed by atoms with Crippen LogP contribution in [-0.4, -0.2) is 16.8 Å². The Morgan fingerprint density at radius 2 is 1.45 bits per heavy atom. The van der Waals surface area contributed by atoms with E-state index >= 15 is 0 Å². The van der Waals surface area contributed by atoms with Crippen molar-refractivity contribution < 1.29 is 19.3 Å². The molecule has 0 saturated heterocycles. The zero-order valence-corrected chi connectivity index (χ0v) is 17.7. The average Bonchev–Trinajstić information content (AvgIpc) is 2.76. The summed E-state index contributed by atoms with van der Waals surface area (Å²) < 4.78 is 17.8. The highest BCUT2D eigenvalue weighted by molar-refractivity contribution is 5.49. The van der Waals surface area contributed by atoms with Crippen LogP contribution in [0.1, 0.15) is 37.0 Å². The predicted molar refractivity (Wildman–Crippen MR) is 117 cm³/mol. The van der Waals surface area contributed by atoms with Gasteiger partial charge < -0.3 is 14.9 Å². The van der Waals surface area contributed by atoms with Crippen LogP contribution in [0.15, 0.2) is 66.7 Å². The molecule has 156 valence electrons. The van der Waals surface area contributed by atoms with Gasteiger partial charge in [0, 0.05) is 5.56 Å². The zero-order valence-electron chi connectivity index (χ0n) is 17.7. The average molecular weight is 399 g/mol. The molecule has 0 radical (unpaired) electrons. The summed E-state index contributed by atoms with van der Waals surface area (Å²) in [6.07, 6.45) is 2.15. The molecule has 2 N–H and O–H groups in total. The van der Waals surface area contributed by atoms with Crippen LogP contribution in [0.5, 0.6) is 17.2 Å². The van der Waals surface area contributed by atoms with Gasteiger partial charge in [-0.3, -0.25) is 0 Å². The van der Waals surface area contributed by atoms with Crippen LogP contribution in [-0.2, 0) is 6.42 Å². The molecule has 3 aromatic carbocycles. The maximum atomic E-state index is 12.3. The van der Waals surface area contributed by atoms with E-state index < -0.39 is 0 Å². The van der Waals surface area contributed by atoms with E-state index in [0.29, 0.717) is 17.1 Å². The highest BCUT2D eigenvalue weighted by Gasteiger charge is 2.14. The molecule has 0 aromatic heterocycles. The Morgan fingerprint density at radius 3 is 1.97 bits per heavy atom. The number of phenolic OH excluding ortho intramolecular Hbond substituents is 2. The highest BCUT2D eigenvalue weighted by Crippen LogP contribution is 2.33. The molecule has 3 aromatic rings. The van der Waals surface area contributed by atoms with E-state index in [9.17, 15) is 9.50 Å². The van der Waals surface area contributed by atoms with Crippen LogP contribution in [0.3, 0.4) is 0 Å². The molecule has 0 aliphatic carbocycles. The minimum absolute atomic E-state index is 0.132. The second-order valence-electron chi connectivity index (χ2n) is 6.23. The molecule has 1 aliphatic rings. The molecule has 0 saturated carbocycles. The fourth-order valence-corrected chi connectivity index (χ4v) is 2.55. The normalized spacial score (nSPS) is 11.1. The van der Waals surface area contributed by atoms with Crippen molar-refractivity contribution in [2.24, 2.45) is 0 Å². The minimum atomic E-state index is -0.132. The maximum absolute atomic E-state index is 12.3. The fourth-order valence-electron chi connectivity index (χ4n) is 2.55. The second kappa shape index (κ2) is 13.2. The molecule has 0 fully saturated rings. The number of para-hydroxylation sites is 1.